The van der Waals surface area contributed by atoms with Crippen molar-refractivity contribution < 1.29 is 29.4 Å². The molecule has 0 radical (unpaired) electrons. The second kappa shape index (κ2) is 26.0. The maximum absolute atomic E-state index is 12.4. The molecule has 286 valence electrons. The van der Waals surface area contributed by atoms with E-state index >= 15 is 0 Å². The van der Waals surface area contributed by atoms with Crippen molar-refractivity contribution in [3.05, 3.63) is 70.8 Å². The van der Waals surface area contributed by atoms with Crippen LogP contribution >= 0.6 is 0 Å². The Bertz CT molecular complexity index is 1190. The van der Waals surface area contributed by atoms with E-state index < -0.39 is 12.2 Å². The van der Waals surface area contributed by atoms with E-state index in [4.69, 9.17) is 14.7 Å². The van der Waals surface area contributed by atoms with Crippen LogP contribution in [0.25, 0.3) is 0 Å². The van der Waals surface area contributed by atoms with Gasteiger partial charge in [0.2, 0.25) is 11.8 Å². The fourth-order valence-electron chi connectivity index (χ4n) is 6.73. The van der Waals surface area contributed by atoms with Gasteiger partial charge in [-0.1, -0.05) is 133 Å². The lowest BCUT2D eigenvalue weighted by molar-refractivity contribution is -0.253. The molecule has 0 aliphatic carbocycles. The number of hydrogen-bond acceptors (Lipinski definition) is 7. The number of rotatable bonds is 27. The lowest BCUT2D eigenvalue weighted by Gasteiger charge is -2.38. The van der Waals surface area contributed by atoms with Crippen molar-refractivity contribution in [3.8, 4) is 0 Å². The molecule has 9 heteroatoms. The van der Waals surface area contributed by atoms with Crippen molar-refractivity contribution in [1.29, 1.82) is 0 Å². The van der Waals surface area contributed by atoms with E-state index in [1.807, 2.05) is 36.4 Å². The van der Waals surface area contributed by atoms with Gasteiger partial charge >= 0.3 is 0 Å². The van der Waals surface area contributed by atoms with Crippen molar-refractivity contribution in [3.63, 3.8) is 0 Å². The molecule has 2 aromatic carbocycles. The molecule has 3 atom stereocenters. The number of aliphatic hydroxyl groups is 1. The predicted octanol–water partition coefficient (Wildman–Crippen LogP) is 8.82. The first kappa shape index (κ1) is 42.6. The summed E-state index contributed by atoms with van der Waals surface area (Å²) in [4.78, 5) is 26.1. The van der Waals surface area contributed by atoms with Gasteiger partial charge in [-0.25, -0.2) is 5.48 Å². The Hall–Kier alpha value is -2.82. The highest BCUT2D eigenvalue weighted by Gasteiger charge is 2.33. The average molecular weight is 710 g/mol. The highest BCUT2D eigenvalue weighted by atomic mass is 16.7. The topological polar surface area (TPSA) is 120 Å². The van der Waals surface area contributed by atoms with Crippen molar-refractivity contribution in [2.24, 2.45) is 0 Å². The molecule has 0 bridgehead atoms. The van der Waals surface area contributed by atoms with Crippen LogP contribution in [0.3, 0.4) is 0 Å². The molecular weight excluding hydrogens is 642 g/mol. The van der Waals surface area contributed by atoms with Gasteiger partial charge in [-0.15, -0.1) is 0 Å². The first-order chi connectivity index (χ1) is 24.9. The Balaban J connectivity index is 1.62. The van der Waals surface area contributed by atoms with Gasteiger partial charge in [-0.2, -0.15) is 0 Å². The summed E-state index contributed by atoms with van der Waals surface area (Å²) >= 11 is 0. The minimum Gasteiger partial charge on any atom is -0.392 e. The Morgan fingerprint density at radius 2 is 1.22 bits per heavy atom. The van der Waals surface area contributed by atoms with Gasteiger partial charge in [0.05, 0.1) is 18.8 Å². The highest BCUT2D eigenvalue weighted by Crippen LogP contribution is 2.38. The van der Waals surface area contributed by atoms with Crippen LogP contribution < -0.4 is 10.8 Å². The highest BCUT2D eigenvalue weighted by molar-refractivity contribution is 5.76. The Morgan fingerprint density at radius 1 is 0.686 bits per heavy atom. The minimum atomic E-state index is -0.507. The summed E-state index contributed by atoms with van der Waals surface area (Å²) in [6.07, 6.45) is 18.4. The fourth-order valence-corrected chi connectivity index (χ4v) is 6.73. The third-order valence-electron chi connectivity index (χ3n) is 9.91. The fraction of sp³-hybridized carbons (Fsp3) is 0.667. The third kappa shape index (κ3) is 17.5. The van der Waals surface area contributed by atoms with Crippen LogP contribution in [0.5, 0.6) is 0 Å². The third-order valence-corrected chi connectivity index (χ3v) is 9.91. The van der Waals surface area contributed by atoms with Crippen molar-refractivity contribution in [2.75, 3.05) is 19.6 Å². The van der Waals surface area contributed by atoms with E-state index in [0.717, 1.165) is 54.7 Å². The number of aliphatic hydroxyl groups excluding tert-OH is 1. The molecule has 1 aliphatic rings. The van der Waals surface area contributed by atoms with E-state index in [2.05, 4.69) is 36.2 Å². The van der Waals surface area contributed by atoms with Gasteiger partial charge in [0.1, 0.15) is 0 Å². The predicted molar refractivity (Wildman–Crippen MR) is 203 cm³/mol. The molecule has 9 nitrogen and oxygen atoms in total. The summed E-state index contributed by atoms with van der Waals surface area (Å²) in [5.74, 6) is -0.419. The smallest absolute Gasteiger partial charge is 0.243 e. The van der Waals surface area contributed by atoms with Gasteiger partial charge in [-0.3, -0.25) is 14.8 Å². The second-order valence-electron chi connectivity index (χ2n) is 14.3. The van der Waals surface area contributed by atoms with Gasteiger partial charge < -0.3 is 24.8 Å². The molecule has 3 rings (SSSR count). The number of amides is 2. The lowest BCUT2D eigenvalue weighted by atomic mass is 9.99. The summed E-state index contributed by atoms with van der Waals surface area (Å²) in [5.41, 5.74) is 5.57. The molecule has 2 amide bonds. The number of nitrogens with one attached hydrogen (secondary N) is 2. The van der Waals surface area contributed by atoms with E-state index in [1.54, 1.807) is 5.48 Å². The zero-order valence-electron chi connectivity index (χ0n) is 31.6. The van der Waals surface area contributed by atoms with Crippen LogP contribution in [-0.2, 0) is 32.2 Å². The number of carbonyl (C=O) groups is 2. The van der Waals surface area contributed by atoms with E-state index in [-0.39, 0.29) is 31.1 Å². The Morgan fingerprint density at radius 3 is 1.80 bits per heavy atom. The summed E-state index contributed by atoms with van der Waals surface area (Å²) < 4.78 is 13.4. The molecule has 1 heterocycles. The molecule has 0 aromatic heterocycles. The zero-order valence-corrected chi connectivity index (χ0v) is 31.6. The number of benzene rings is 2. The van der Waals surface area contributed by atoms with Gasteiger partial charge in [0, 0.05) is 37.9 Å². The van der Waals surface area contributed by atoms with Crippen LogP contribution in [0.15, 0.2) is 48.5 Å². The minimum absolute atomic E-state index is 0.0171. The van der Waals surface area contributed by atoms with Crippen LogP contribution in [0.4, 0.5) is 0 Å². The van der Waals surface area contributed by atoms with E-state index in [1.165, 1.54) is 77.0 Å². The Kier molecular flexibility index (Phi) is 21.7. The quantitative estimate of drug-likeness (QED) is 0.0416. The average Bonchev–Trinajstić information content (AvgIpc) is 3.16. The largest absolute Gasteiger partial charge is 0.392 e. The molecular formula is C42H67N3O6. The first-order valence-electron chi connectivity index (χ1n) is 20.0. The molecule has 3 unspecified atom stereocenters. The van der Waals surface area contributed by atoms with E-state index in [9.17, 15) is 14.7 Å². The van der Waals surface area contributed by atoms with Gasteiger partial charge in [0.15, 0.2) is 6.29 Å². The Labute approximate surface area is 307 Å². The van der Waals surface area contributed by atoms with Gasteiger partial charge in [-0.05, 0) is 55.5 Å². The maximum Gasteiger partial charge on any atom is 0.243 e. The molecule has 1 aliphatic heterocycles. The molecule has 0 saturated carbocycles. The van der Waals surface area contributed by atoms with Crippen LogP contribution in [0.1, 0.15) is 164 Å². The van der Waals surface area contributed by atoms with Crippen LogP contribution in [-0.4, -0.2) is 52.8 Å². The summed E-state index contributed by atoms with van der Waals surface area (Å²) in [7, 11) is 0. The number of hydroxylamine groups is 1. The van der Waals surface area contributed by atoms with Crippen LogP contribution in [0, 0.1) is 0 Å². The molecule has 0 spiro atoms. The monoisotopic (exact) mass is 710 g/mol. The van der Waals surface area contributed by atoms with Crippen molar-refractivity contribution in [1.82, 2.24) is 15.7 Å². The zero-order chi connectivity index (χ0) is 36.5. The maximum atomic E-state index is 12.4. The number of nitrogens with zero attached hydrogens (tertiary/aromatic N) is 1. The van der Waals surface area contributed by atoms with E-state index in [0.29, 0.717) is 25.8 Å². The second-order valence-corrected chi connectivity index (χ2v) is 14.3. The lowest BCUT2D eigenvalue weighted by Crippen LogP contribution is -2.40. The van der Waals surface area contributed by atoms with Crippen molar-refractivity contribution in [2.45, 2.75) is 161 Å². The number of unbranched alkanes of at least 4 members (excludes halogenated alkanes) is 12. The summed E-state index contributed by atoms with van der Waals surface area (Å²) in [6.45, 7) is 8.08. The molecule has 1 fully saturated rings. The molecule has 1 saturated heterocycles. The molecule has 2 aromatic rings. The first-order valence-corrected chi connectivity index (χ1v) is 20.0. The number of hydrogen-bond donors (Lipinski definition) is 4. The normalized spacial score (nSPS) is 17.5. The summed E-state index contributed by atoms with van der Waals surface area (Å²) in [5, 5.41) is 21.2. The molecule has 4 N–H and O–H groups in total. The van der Waals surface area contributed by atoms with Crippen LogP contribution in [0.2, 0.25) is 0 Å². The number of ether oxygens (including phenoxy) is 2. The summed E-state index contributed by atoms with van der Waals surface area (Å²) in [6, 6.07) is 16.2. The standard InChI is InChI=1S/C42H67N3O6/c1-3-5-7-9-11-16-28-45(29-17-12-10-8-6-4-2)32-38-30-39(36-24-22-35(33-46)23-25-36)51-42(50-38)37-26-20-34(21-27-37)31-43-40(47)18-14-13-15-19-41(48)44-49/h20-27,38-39,42,46,49H,3-19,28-33H2,1-2H3,(H,43,47)(H,44,48). The van der Waals surface area contributed by atoms with Gasteiger partial charge in [0.25, 0.3) is 0 Å². The number of carbonyl (C=O) groups excluding carboxylic acids is 2. The molecule has 51 heavy (non-hydrogen) atoms. The SMILES string of the molecule is CCCCCCCCN(CCCCCCCC)CC1CC(c2ccc(CO)cc2)OC(c2ccc(CNC(=O)CCCCCC(=O)NO)cc2)O1. The van der Waals surface area contributed by atoms with Crippen molar-refractivity contribution >= 4 is 11.8 Å².